The second-order valence-corrected chi connectivity index (χ2v) is 7.28. The smallest absolute Gasteiger partial charge is 0.486 e. The van der Waals surface area contributed by atoms with Crippen LogP contribution in [0.25, 0.3) is 0 Å². The summed E-state index contributed by atoms with van der Waals surface area (Å²) in [4.78, 5) is 13.5. The molecule has 0 bridgehead atoms. The van der Waals surface area contributed by atoms with Gasteiger partial charge in [0.05, 0.1) is 24.1 Å². The van der Waals surface area contributed by atoms with E-state index in [1.165, 1.54) is 6.08 Å². The van der Waals surface area contributed by atoms with Gasteiger partial charge >= 0.3 is 7.12 Å². The standard InChI is InChI=1S/C19H32BNO4/c1-16(23-7)15-17(22)21(6)14-12-10-8-9-11-13-20-24-18(2,3)19(4,5)25-20/h10-13,15H,8-9,14H2,1-7H3/b12-10+,13-11-,16-15+. The molecule has 1 amide bonds. The SMILES string of the molecule is CO/C(C)=C/C(=O)N(C)C/C=C/CC/C=C\B1OC(C)(C)C(C)(C)O1. The van der Waals surface area contributed by atoms with Gasteiger partial charge in [0.2, 0.25) is 5.91 Å². The van der Waals surface area contributed by atoms with Crippen LogP contribution in [0.1, 0.15) is 47.5 Å². The number of hydrogen-bond donors (Lipinski definition) is 0. The summed E-state index contributed by atoms with van der Waals surface area (Å²) in [6, 6.07) is 0. The molecular weight excluding hydrogens is 317 g/mol. The van der Waals surface area contributed by atoms with Gasteiger partial charge in [0.15, 0.2) is 0 Å². The first kappa shape index (κ1) is 21.5. The van der Waals surface area contributed by atoms with Gasteiger partial charge in [-0.05, 0) is 47.5 Å². The Morgan fingerprint density at radius 2 is 1.64 bits per heavy atom. The Balaban J connectivity index is 2.28. The van der Waals surface area contributed by atoms with Crippen LogP contribution in [0.15, 0.2) is 36.0 Å². The van der Waals surface area contributed by atoms with Crippen molar-refractivity contribution < 1.29 is 18.8 Å². The zero-order chi connectivity index (χ0) is 19.1. The molecular formula is C19H32BNO4. The maximum Gasteiger partial charge on any atom is 0.486 e. The zero-order valence-corrected chi connectivity index (χ0v) is 16.7. The van der Waals surface area contributed by atoms with Crippen molar-refractivity contribution in [1.29, 1.82) is 0 Å². The Morgan fingerprint density at radius 1 is 1.08 bits per heavy atom. The lowest BCUT2D eigenvalue weighted by Crippen LogP contribution is -2.41. The van der Waals surface area contributed by atoms with E-state index in [1.54, 1.807) is 26.0 Å². The van der Waals surface area contributed by atoms with E-state index in [1.807, 2.05) is 39.7 Å². The van der Waals surface area contributed by atoms with Gasteiger partial charge < -0.3 is 18.9 Å². The Kier molecular flexibility index (Phi) is 7.96. The maximum absolute atomic E-state index is 11.8. The maximum atomic E-state index is 11.8. The van der Waals surface area contributed by atoms with E-state index in [9.17, 15) is 4.79 Å². The summed E-state index contributed by atoms with van der Waals surface area (Å²) in [5, 5.41) is 0. The number of carbonyl (C=O) groups excluding carboxylic acids is 1. The molecule has 140 valence electrons. The lowest BCUT2D eigenvalue weighted by atomic mass is 9.89. The summed E-state index contributed by atoms with van der Waals surface area (Å²) < 4.78 is 16.8. The molecule has 1 saturated heterocycles. The Labute approximate surface area is 152 Å². The predicted octanol–water partition coefficient (Wildman–Crippen LogP) is 3.52. The van der Waals surface area contributed by atoms with E-state index in [2.05, 4.69) is 12.2 Å². The van der Waals surface area contributed by atoms with Gasteiger partial charge in [0.25, 0.3) is 0 Å². The number of amides is 1. The van der Waals surface area contributed by atoms with Crippen LogP contribution in [0.3, 0.4) is 0 Å². The molecule has 0 radical (unpaired) electrons. The van der Waals surface area contributed by atoms with Crippen LogP contribution in [0.2, 0.25) is 0 Å². The zero-order valence-electron chi connectivity index (χ0n) is 16.7. The number of likely N-dealkylation sites (N-methyl/N-ethyl adjacent to an activating group) is 1. The van der Waals surface area contributed by atoms with Crippen LogP contribution in [0.5, 0.6) is 0 Å². The molecule has 1 aliphatic heterocycles. The highest BCUT2D eigenvalue weighted by Crippen LogP contribution is 2.36. The third kappa shape index (κ3) is 6.71. The minimum atomic E-state index is -0.297. The first-order valence-corrected chi connectivity index (χ1v) is 8.74. The first-order valence-electron chi connectivity index (χ1n) is 8.74. The number of ether oxygens (including phenoxy) is 1. The molecule has 0 saturated carbocycles. The first-order chi connectivity index (χ1) is 11.6. The van der Waals surface area contributed by atoms with Gasteiger partial charge in [-0.3, -0.25) is 4.79 Å². The van der Waals surface area contributed by atoms with E-state index in [-0.39, 0.29) is 24.2 Å². The van der Waals surface area contributed by atoms with Crippen molar-refractivity contribution in [2.75, 3.05) is 20.7 Å². The van der Waals surface area contributed by atoms with Gasteiger partial charge in [0, 0.05) is 19.7 Å². The number of allylic oxidation sites excluding steroid dienone is 3. The van der Waals surface area contributed by atoms with E-state index < -0.39 is 0 Å². The number of nitrogens with zero attached hydrogens (tertiary/aromatic N) is 1. The second-order valence-electron chi connectivity index (χ2n) is 7.28. The summed E-state index contributed by atoms with van der Waals surface area (Å²) in [5.41, 5.74) is -0.594. The van der Waals surface area contributed by atoms with Gasteiger partial charge in [0.1, 0.15) is 0 Å². The minimum absolute atomic E-state index is 0.0651. The molecule has 0 aromatic heterocycles. The lowest BCUT2D eigenvalue weighted by molar-refractivity contribution is -0.124. The van der Waals surface area contributed by atoms with E-state index in [0.29, 0.717) is 12.3 Å². The molecule has 5 nitrogen and oxygen atoms in total. The minimum Gasteiger partial charge on any atom is -0.501 e. The lowest BCUT2D eigenvalue weighted by Gasteiger charge is -2.32. The number of hydrogen-bond acceptors (Lipinski definition) is 4. The third-order valence-electron chi connectivity index (χ3n) is 4.64. The molecule has 1 heterocycles. The van der Waals surface area contributed by atoms with Gasteiger partial charge in [-0.25, -0.2) is 0 Å². The Hall–Kier alpha value is -1.53. The normalized spacial score (nSPS) is 19.8. The highest BCUT2D eigenvalue weighted by atomic mass is 16.7. The van der Waals surface area contributed by atoms with Crippen molar-refractivity contribution in [2.24, 2.45) is 0 Å². The summed E-state index contributed by atoms with van der Waals surface area (Å²) >= 11 is 0. The van der Waals surface area contributed by atoms with Crippen molar-refractivity contribution in [3.05, 3.63) is 36.0 Å². The molecule has 0 aromatic carbocycles. The fourth-order valence-corrected chi connectivity index (χ4v) is 2.15. The monoisotopic (exact) mass is 349 g/mol. The number of carbonyl (C=O) groups is 1. The van der Waals surface area contributed by atoms with Gasteiger partial charge in [-0.1, -0.05) is 24.2 Å². The van der Waals surface area contributed by atoms with Crippen LogP contribution in [0.4, 0.5) is 0 Å². The highest BCUT2D eigenvalue weighted by molar-refractivity contribution is 6.51. The van der Waals surface area contributed by atoms with Crippen LogP contribution in [-0.4, -0.2) is 49.8 Å². The molecule has 0 spiro atoms. The average Bonchev–Trinajstić information content (AvgIpc) is 2.73. The van der Waals surface area contributed by atoms with Crippen molar-refractivity contribution in [1.82, 2.24) is 4.90 Å². The van der Waals surface area contributed by atoms with Crippen molar-refractivity contribution in [3.8, 4) is 0 Å². The van der Waals surface area contributed by atoms with Crippen molar-refractivity contribution in [2.45, 2.75) is 58.7 Å². The van der Waals surface area contributed by atoms with E-state index >= 15 is 0 Å². The van der Waals surface area contributed by atoms with E-state index in [0.717, 1.165) is 12.8 Å². The highest BCUT2D eigenvalue weighted by Gasteiger charge is 2.49. The summed E-state index contributed by atoms with van der Waals surface area (Å²) in [6.07, 6.45) is 9.45. The van der Waals surface area contributed by atoms with Crippen molar-refractivity contribution >= 4 is 13.0 Å². The summed E-state index contributed by atoms with van der Waals surface area (Å²) in [5.74, 6) is 2.51. The average molecular weight is 349 g/mol. The van der Waals surface area contributed by atoms with E-state index in [4.69, 9.17) is 14.0 Å². The largest absolute Gasteiger partial charge is 0.501 e. The molecule has 1 rings (SSSR count). The molecule has 0 aromatic rings. The number of rotatable bonds is 8. The van der Waals surface area contributed by atoms with Crippen LogP contribution >= 0.6 is 0 Å². The molecule has 0 unspecified atom stereocenters. The molecule has 0 N–H and O–H groups in total. The molecule has 25 heavy (non-hydrogen) atoms. The third-order valence-corrected chi connectivity index (χ3v) is 4.64. The van der Waals surface area contributed by atoms with Crippen LogP contribution in [0, 0.1) is 0 Å². The fourth-order valence-electron chi connectivity index (χ4n) is 2.15. The fraction of sp³-hybridized carbons (Fsp3) is 0.632. The Morgan fingerprint density at radius 3 is 2.20 bits per heavy atom. The quantitative estimate of drug-likeness (QED) is 0.221. The van der Waals surface area contributed by atoms with Gasteiger partial charge in [-0.2, -0.15) is 0 Å². The molecule has 0 atom stereocenters. The number of methoxy groups -OCH3 is 1. The molecule has 0 aliphatic carbocycles. The van der Waals surface area contributed by atoms with Crippen molar-refractivity contribution in [3.63, 3.8) is 0 Å². The Bertz CT molecular complexity index is 522. The van der Waals surface area contributed by atoms with Gasteiger partial charge in [-0.15, -0.1) is 0 Å². The second kappa shape index (κ2) is 9.25. The number of unbranched alkanes of at least 4 members (excludes halogenated alkanes) is 1. The molecule has 1 fully saturated rings. The van der Waals surface area contributed by atoms with Crippen LogP contribution < -0.4 is 0 Å². The predicted molar refractivity (Wildman–Crippen MR) is 102 cm³/mol. The topological polar surface area (TPSA) is 48.0 Å². The summed E-state index contributed by atoms with van der Waals surface area (Å²) in [7, 11) is 3.04. The molecule has 6 heteroatoms. The van der Waals surface area contributed by atoms with Crippen LogP contribution in [-0.2, 0) is 18.8 Å². The molecule has 1 aliphatic rings. The summed E-state index contributed by atoms with van der Waals surface area (Å²) in [6.45, 7) is 10.5.